The Labute approximate surface area is 143 Å². The van der Waals surface area contributed by atoms with E-state index in [-0.39, 0.29) is 22.9 Å². The smallest absolute Gasteiger partial charge is 0.125 e. The predicted molar refractivity (Wildman–Crippen MR) is 99.9 cm³/mol. The minimum atomic E-state index is 0.0367. The summed E-state index contributed by atoms with van der Waals surface area (Å²) in [5.41, 5.74) is 2.09. The van der Waals surface area contributed by atoms with Gasteiger partial charge >= 0.3 is 0 Å². The fraction of sp³-hybridized carbons (Fsp3) is 0.700. The lowest BCUT2D eigenvalue weighted by Gasteiger charge is -2.40. The molecule has 3 heteroatoms. The van der Waals surface area contributed by atoms with Crippen molar-refractivity contribution in [2.75, 3.05) is 28.2 Å². The summed E-state index contributed by atoms with van der Waals surface area (Å²) in [5, 5.41) is 11.1. The Balaban J connectivity index is 3.52. The largest absolute Gasteiger partial charge is 0.507 e. The zero-order chi connectivity index (χ0) is 18.2. The molecule has 2 unspecified atom stereocenters. The quantitative estimate of drug-likeness (QED) is 0.872. The molecule has 0 aliphatic heterocycles. The summed E-state index contributed by atoms with van der Waals surface area (Å²) in [5.74, 6) is 0.440. The zero-order valence-electron chi connectivity index (χ0n) is 16.7. The SMILES string of the molecule is CN(C)C(c1cccc(C(N(C)C)C(C)(C)C)c1O)C(C)(C)C. The van der Waals surface area contributed by atoms with Gasteiger partial charge in [0.1, 0.15) is 5.75 Å². The third kappa shape index (κ3) is 4.48. The summed E-state index contributed by atoms with van der Waals surface area (Å²) < 4.78 is 0. The van der Waals surface area contributed by atoms with E-state index < -0.39 is 0 Å². The van der Waals surface area contributed by atoms with Gasteiger partial charge in [-0.25, -0.2) is 0 Å². The molecule has 1 N–H and O–H groups in total. The van der Waals surface area contributed by atoms with Gasteiger partial charge in [0.25, 0.3) is 0 Å². The second-order valence-electron chi connectivity index (χ2n) is 9.25. The van der Waals surface area contributed by atoms with Crippen LogP contribution in [0, 0.1) is 10.8 Å². The minimum Gasteiger partial charge on any atom is -0.507 e. The molecule has 0 aliphatic carbocycles. The molecule has 23 heavy (non-hydrogen) atoms. The first-order chi connectivity index (χ1) is 10.3. The number of para-hydroxylation sites is 1. The Kier molecular flexibility index (Phi) is 5.93. The van der Waals surface area contributed by atoms with E-state index in [1.165, 1.54) is 0 Å². The summed E-state index contributed by atoms with van der Waals surface area (Å²) in [6, 6.07) is 6.51. The van der Waals surface area contributed by atoms with Crippen molar-refractivity contribution >= 4 is 0 Å². The summed E-state index contributed by atoms with van der Waals surface area (Å²) >= 11 is 0. The maximum atomic E-state index is 11.1. The highest BCUT2D eigenvalue weighted by Gasteiger charge is 2.35. The van der Waals surface area contributed by atoms with Gasteiger partial charge < -0.3 is 14.9 Å². The first-order valence-corrected chi connectivity index (χ1v) is 8.43. The summed E-state index contributed by atoms with van der Waals surface area (Å²) in [7, 11) is 8.31. The third-order valence-corrected chi connectivity index (χ3v) is 4.36. The van der Waals surface area contributed by atoms with E-state index in [9.17, 15) is 5.11 Å². The molecule has 3 nitrogen and oxygen atoms in total. The molecule has 0 bridgehead atoms. The molecular weight excluding hydrogens is 284 g/mol. The van der Waals surface area contributed by atoms with Crippen LogP contribution in [-0.2, 0) is 0 Å². The van der Waals surface area contributed by atoms with Crippen LogP contribution in [0.1, 0.15) is 64.8 Å². The molecule has 1 aromatic rings. The minimum absolute atomic E-state index is 0.0367. The number of hydrogen-bond acceptors (Lipinski definition) is 3. The second kappa shape index (κ2) is 6.82. The lowest BCUT2D eigenvalue weighted by atomic mass is 9.77. The van der Waals surface area contributed by atoms with Gasteiger partial charge in [0, 0.05) is 23.2 Å². The monoisotopic (exact) mass is 320 g/mol. The van der Waals surface area contributed by atoms with E-state index >= 15 is 0 Å². The molecule has 0 saturated heterocycles. The number of nitrogens with zero attached hydrogens (tertiary/aromatic N) is 2. The second-order valence-corrected chi connectivity index (χ2v) is 9.25. The number of benzene rings is 1. The Morgan fingerprint density at radius 3 is 1.26 bits per heavy atom. The standard InChI is InChI=1S/C20H36N2O/c1-19(2,3)17(21(7)8)14-12-11-13-15(16(14)23)18(22(9)10)20(4,5)6/h11-13,17-18,23H,1-10H3. The summed E-state index contributed by atoms with van der Waals surface area (Å²) in [6.07, 6.45) is 0. The summed E-state index contributed by atoms with van der Waals surface area (Å²) in [4.78, 5) is 4.39. The molecule has 0 spiro atoms. The van der Waals surface area contributed by atoms with Crippen molar-refractivity contribution in [3.63, 3.8) is 0 Å². The van der Waals surface area contributed by atoms with Crippen LogP contribution in [0.15, 0.2) is 18.2 Å². The average Bonchev–Trinajstić information content (AvgIpc) is 2.29. The van der Waals surface area contributed by atoms with Gasteiger partial charge in [-0.05, 0) is 39.0 Å². The molecule has 2 atom stereocenters. The van der Waals surface area contributed by atoms with Gasteiger partial charge in [0.15, 0.2) is 0 Å². The van der Waals surface area contributed by atoms with Crippen molar-refractivity contribution in [3.05, 3.63) is 29.3 Å². The Hall–Kier alpha value is -1.06. The van der Waals surface area contributed by atoms with Crippen LogP contribution < -0.4 is 0 Å². The molecule has 0 amide bonds. The number of aromatic hydroxyl groups is 1. The van der Waals surface area contributed by atoms with Crippen LogP contribution >= 0.6 is 0 Å². The first kappa shape index (κ1) is 20.0. The van der Waals surface area contributed by atoms with Crippen LogP contribution in [0.2, 0.25) is 0 Å². The fourth-order valence-electron chi connectivity index (χ4n) is 4.06. The topological polar surface area (TPSA) is 26.7 Å². The van der Waals surface area contributed by atoms with E-state index in [2.05, 4.69) is 97.7 Å². The normalized spacial score (nSPS) is 16.0. The van der Waals surface area contributed by atoms with E-state index in [1.54, 1.807) is 0 Å². The maximum absolute atomic E-state index is 11.1. The number of phenols is 1. The molecule has 0 aliphatic rings. The van der Waals surface area contributed by atoms with Crippen molar-refractivity contribution in [2.24, 2.45) is 10.8 Å². The number of phenolic OH excluding ortho intramolecular Hbond substituents is 1. The van der Waals surface area contributed by atoms with E-state index in [1.807, 2.05) is 0 Å². The van der Waals surface area contributed by atoms with Gasteiger partial charge in [-0.15, -0.1) is 0 Å². The van der Waals surface area contributed by atoms with Gasteiger partial charge in [-0.1, -0.05) is 59.7 Å². The molecule has 0 heterocycles. The number of hydrogen-bond donors (Lipinski definition) is 1. The summed E-state index contributed by atoms with van der Waals surface area (Å²) in [6.45, 7) is 13.3. The van der Waals surface area contributed by atoms with E-state index in [0.29, 0.717) is 5.75 Å². The molecule has 0 saturated carbocycles. The first-order valence-electron chi connectivity index (χ1n) is 8.43. The van der Waals surface area contributed by atoms with Crippen LogP contribution in [0.3, 0.4) is 0 Å². The molecule has 0 fully saturated rings. The molecule has 0 aromatic heterocycles. The zero-order valence-corrected chi connectivity index (χ0v) is 16.7. The molecular formula is C20H36N2O. The lowest BCUT2D eigenvalue weighted by Crippen LogP contribution is -2.33. The number of rotatable bonds is 4. The van der Waals surface area contributed by atoms with Crippen molar-refractivity contribution in [3.8, 4) is 5.75 Å². The van der Waals surface area contributed by atoms with Crippen LogP contribution in [0.4, 0.5) is 0 Å². The predicted octanol–water partition coefficient (Wildman–Crippen LogP) is 4.69. The van der Waals surface area contributed by atoms with Crippen molar-refractivity contribution < 1.29 is 5.11 Å². The van der Waals surface area contributed by atoms with E-state index in [4.69, 9.17) is 0 Å². The Morgan fingerprint density at radius 1 is 0.739 bits per heavy atom. The maximum Gasteiger partial charge on any atom is 0.125 e. The highest BCUT2D eigenvalue weighted by molar-refractivity contribution is 5.45. The van der Waals surface area contributed by atoms with Crippen LogP contribution in [0.25, 0.3) is 0 Å². The Bertz CT molecular complexity index is 477. The van der Waals surface area contributed by atoms with Gasteiger partial charge in [0.2, 0.25) is 0 Å². The van der Waals surface area contributed by atoms with Crippen LogP contribution in [0.5, 0.6) is 5.75 Å². The molecule has 0 radical (unpaired) electrons. The molecule has 1 rings (SSSR count). The van der Waals surface area contributed by atoms with Crippen molar-refractivity contribution in [1.82, 2.24) is 9.80 Å². The lowest BCUT2D eigenvalue weighted by molar-refractivity contribution is 0.141. The molecule has 132 valence electrons. The average molecular weight is 321 g/mol. The fourth-order valence-corrected chi connectivity index (χ4v) is 4.06. The van der Waals surface area contributed by atoms with Crippen molar-refractivity contribution in [2.45, 2.75) is 53.6 Å². The molecule has 1 aromatic carbocycles. The Morgan fingerprint density at radius 2 is 1.04 bits per heavy atom. The van der Waals surface area contributed by atoms with Crippen molar-refractivity contribution in [1.29, 1.82) is 0 Å². The van der Waals surface area contributed by atoms with Gasteiger partial charge in [-0.3, -0.25) is 0 Å². The third-order valence-electron chi connectivity index (χ3n) is 4.36. The highest BCUT2D eigenvalue weighted by atomic mass is 16.3. The van der Waals surface area contributed by atoms with Gasteiger partial charge in [-0.2, -0.15) is 0 Å². The van der Waals surface area contributed by atoms with E-state index in [0.717, 1.165) is 11.1 Å². The van der Waals surface area contributed by atoms with Crippen LogP contribution in [-0.4, -0.2) is 43.1 Å². The van der Waals surface area contributed by atoms with Gasteiger partial charge in [0.05, 0.1) is 0 Å². The highest BCUT2D eigenvalue weighted by Crippen LogP contribution is 2.46.